The minimum Gasteiger partial charge on any atom is -0.342 e. The summed E-state index contributed by atoms with van der Waals surface area (Å²) in [5, 5.41) is 5.32. The van der Waals surface area contributed by atoms with E-state index in [1.165, 1.54) is 0 Å². The molecule has 0 radical (unpaired) electrons. The van der Waals surface area contributed by atoms with Crippen molar-refractivity contribution >= 4 is 17.5 Å². The van der Waals surface area contributed by atoms with Gasteiger partial charge in [-0.05, 0) is 37.5 Å². The quantitative estimate of drug-likeness (QED) is 0.807. The van der Waals surface area contributed by atoms with Crippen molar-refractivity contribution < 1.29 is 4.79 Å². The highest BCUT2D eigenvalue weighted by Gasteiger charge is 2.19. The Hall–Kier alpha value is -1.88. The molecule has 0 bridgehead atoms. The van der Waals surface area contributed by atoms with E-state index in [0.717, 1.165) is 61.1 Å². The summed E-state index contributed by atoms with van der Waals surface area (Å²) in [7, 11) is 0. The Balaban J connectivity index is 1.67. The Morgan fingerprint density at radius 1 is 1.29 bits per heavy atom. The number of benzene rings is 1. The molecule has 1 saturated heterocycles. The largest absolute Gasteiger partial charge is 0.342 e. The van der Waals surface area contributed by atoms with E-state index in [-0.39, 0.29) is 5.91 Å². The van der Waals surface area contributed by atoms with Gasteiger partial charge < -0.3 is 4.90 Å². The minimum absolute atomic E-state index is 0.267. The van der Waals surface area contributed by atoms with Gasteiger partial charge in [0.15, 0.2) is 5.82 Å². The number of halogens is 1. The Labute approximate surface area is 147 Å². The first-order valence-electron chi connectivity index (χ1n) is 8.60. The number of aromatic nitrogens is 3. The van der Waals surface area contributed by atoms with Crippen LogP contribution >= 0.6 is 11.6 Å². The predicted molar refractivity (Wildman–Crippen MR) is 94.1 cm³/mol. The van der Waals surface area contributed by atoms with Crippen LogP contribution in [0.2, 0.25) is 5.02 Å². The number of nitrogens with zero attached hydrogens (tertiary/aromatic N) is 4. The molecule has 0 atom stereocenters. The lowest BCUT2D eigenvalue weighted by Gasteiger charge is -2.26. The Kier molecular flexibility index (Phi) is 5.51. The maximum absolute atomic E-state index is 11.9. The fourth-order valence-electron chi connectivity index (χ4n) is 3.10. The van der Waals surface area contributed by atoms with Crippen molar-refractivity contribution in [3.05, 3.63) is 46.5 Å². The minimum atomic E-state index is 0.267. The molecule has 128 valence electrons. The van der Waals surface area contributed by atoms with Crippen LogP contribution < -0.4 is 0 Å². The van der Waals surface area contributed by atoms with Crippen molar-refractivity contribution in [3.63, 3.8) is 0 Å². The summed E-state index contributed by atoms with van der Waals surface area (Å²) in [4.78, 5) is 18.6. The van der Waals surface area contributed by atoms with E-state index in [1.807, 2.05) is 33.8 Å². The highest BCUT2D eigenvalue weighted by atomic mass is 35.5. The Morgan fingerprint density at radius 3 is 2.92 bits per heavy atom. The summed E-state index contributed by atoms with van der Waals surface area (Å²) >= 11 is 6.04. The molecule has 6 heteroatoms. The lowest BCUT2D eigenvalue weighted by atomic mass is 10.1. The molecule has 2 aromatic rings. The highest BCUT2D eigenvalue weighted by molar-refractivity contribution is 6.30. The zero-order valence-corrected chi connectivity index (χ0v) is 14.8. The van der Waals surface area contributed by atoms with Gasteiger partial charge in [-0.3, -0.25) is 9.48 Å². The summed E-state index contributed by atoms with van der Waals surface area (Å²) in [6.45, 7) is 4.45. The van der Waals surface area contributed by atoms with Gasteiger partial charge in [0.2, 0.25) is 5.91 Å². The third-order valence-electron chi connectivity index (χ3n) is 4.37. The van der Waals surface area contributed by atoms with Crippen LogP contribution in [0.5, 0.6) is 0 Å². The van der Waals surface area contributed by atoms with Crippen molar-refractivity contribution in [3.8, 4) is 0 Å². The molecular weight excluding hydrogens is 324 g/mol. The van der Waals surface area contributed by atoms with E-state index in [2.05, 4.69) is 17.0 Å². The molecule has 5 nitrogen and oxygen atoms in total. The van der Waals surface area contributed by atoms with Crippen LogP contribution in [-0.4, -0.2) is 38.7 Å². The summed E-state index contributed by atoms with van der Waals surface area (Å²) in [6, 6.07) is 7.78. The molecule has 1 amide bonds. The lowest BCUT2D eigenvalue weighted by Crippen LogP contribution is -2.37. The van der Waals surface area contributed by atoms with Gasteiger partial charge in [-0.25, -0.2) is 4.98 Å². The van der Waals surface area contributed by atoms with Crippen molar-refractivity contribution in [2.45, 2.75) is 45.6 Å². The monoisotopic (exact) mass is 346 g/mol. The van der Waals surface area contributed by atoms with E-state index >= 15 is 0 Å². The van der Waals surface area contributed by atoms with Crippen LogP contribution in [0, 0.1) is 0 Å². The molecule has 2 heterocycles. The zero-order chi connectivity index (χ0) is 16.9. The van der Waals surface area contributed by atoms with Crippen LogP contribution in [0.4, 0.5) is 0 Å². The number of hydrogen-bond acceptors (Lipinski definition) is 3. The zero-order valence-electron chi connectivity index (χ0n) is 14.0. The van der Waals surface area contributed by atoms with Crippen LogP contribution in [0.15, 0.2) is 24.3 Å². The van der Waals surface area contributed by atoms with Crippen molar-refractivity contribution in [2.24, 2.45) is 0 Å². The second-order valence-corrected chi connectivity index (χ2v) is 6.59. The van der Waals surface area contributed by atoms with E-state index in [1.54, 1.807) is 0 Å². The van der Waals surface area contributed by atoms with E-state index in [0.29, 0.717) is 12.8 Å². The van der Waals surface area contributed by atoms with Crippen molar-refractivity contribution in [2.75, 3.05) is 13.1 Å². The summed E-state index contributed by atoms with van der Waals surface area (Å²) in [5.41, 5.74) is 1.11. The lowest BCUT2D eigenvalue weighted by molar-refractivity contribution is -0.133. The third-order valence-corrected chi connectivity index (χ3v) is 4.60. The van der Waals surface area contributed by atoms with Gasteiger partial charge in [-0.1, -0.05) is 23.7 Å². The molecule has 0 spiro atoms. The molecule has 0 N–H and O–H groups in total. The fraction of sp³-hybridized carbons (Fsp3) is 0.500. The van der Waals surface area contributed by atoms with Crippen molar-refractivity contribution in [1.82, 2.24) is 19.7 Å². The van der Waals surface area contributed by atoms with E-state index in [9.17, 15) is 4.79 Å². The fourth-order valence-corrected chi connectivity index (χ4v) is 3.31. The van der Waals surface area contributed by atoms with Gasteiger partial charge in [-0.15, -0.1) is 0 Å². The Morgan fingerprint density at radius 2 is 2.17 bits per heavy atom. The van der Waals surface area contributed by atoms with Crippen LogP contribution in [0.1, 0.15) is 43.4 Å². The van der Waals surface area contributed by atoms with Crippen LogP contribution in [-0.2, 0) is 24.2 Å². The Bertz CT molecular complexity index is 713. The smallest absolute Gasteiger partial charge is 0.222 e. The molecule has 0 aliphatic carbocycles. The maximum atomic E-state index is 11.9. The second kappa shape index (κ2) is 7.79. The molecule has 0 saturated carbocycles. The van der Waals surface area contributed by atoms with Gasteiger partial charge in [0, 0.05) is 43.9 Å². The molecule has 3 rings (SSSR count). The van der Waals surface area contributed by atoms with Gasteiger partial charge >= 0.3 is 0 Å². The third kappa shape index (κ3) is 4.15. The summed E-state index contributed by atoms with van der Waals surface area (Å²) in [5.74, 6) is 2.02. The number of carbonyl (C=O) groups excluding carboxylic acids is 1. The van der Waals surface area contributed by atoms with E-state index < -0.39 is 0 Å². The van der Waals surface area contributed by atoms with Gasteiger partial charge in [-0.2, -0.15) is 5.10 Å². The summed E-state index contributed by atoms with van der Waals surface area (Å²) < 4.78 is 1.94. The first-order valence-corrected chi connectivity index (χ1v) is 8.98. The molecule has 1 fully saturated rings. The number of rotatable bonds is 6. The summed E-state index contributed by atoms with van der Waals surface area (Å²) in [6.07, 6.45) is 4.22. The number of amides is 1. The first-order chi connectivity index (χ1) is 11.7. The van der Waals surface area contributed by atoms with Gasteiger partial charge in [0.05, 0.1) is 0 Å². The molecular formula is C18H23ClN4O. The maximum Gasteiger partial charge on any atom is 0.222 e. The number of carbonyl (C=O) groups is 1. The highest BCUT2D eigenvalue weighted by Crippen LogP contribution is 2.15. The average Bonchev–Trinajstić information content (AvgIpc) is 2.96. The normalized spacial score (nSPS) is 15.1. The molecule has 1 aromatic heterocycles. The van der Waals surface area contributed by atoms with Crippen molar-refractivity contribution in [1.29, 1.82) is 0 Å². The average molecular weight is 347 g/mol. The second-order valence-electron chi connectivity index (χ2n) is 6.15. The predicted octanol–water partition coefficient (Wildman–Crippen LogP) is 3.10. The standard InChI is InChI=1S/C18H23ClN4O/c1-2-23-17(9-11-22-10-4-3-8-18(22)24)20-16(21-23)13-14-6-5-7-15(19)12-14/h5-7,12H,2-4,8-11,13H2,1H3. The van der Waals surface area contributed by atoms with Crippen LogP contribution in [0.3, 0.4) is 0 Å². The number of hydrogen-bond donors (Lipinski definition) is 0. The molecule has 1 aromatic carbocycles. The topological polar surface area (TPSA) is 51.0 Å². The number of piperidine rings is 1. The number of likely N-dealkylation sites (tertiary alicyclic amines) is 1. The molecule has 1 aliphatic rings. The van der Waals surface area contributed by atoms with Gasteiger partial charge in [0.25, 0.3) is 0 Å². The molecule has 0 unspecified atom stereocenters. The van der Waals surface area contributed by atoms with Crippen LogP contribution in [0.25, 0.3) is 0 Å². The van der Waals surface area contributed by atoms with Gasteiger partial charge in [0.1, 0.15) is 5.82 Å². The first kappa shape index (κ1) is 17.0. The molecule has 1 aliphatic heterocycles. The van der Waals surface area contributed by atoms with E-state index in [4.69, 9.17) is 11.6 Å². The SMILES string of the molecule is CCn1nc(Cc2cccc(Cl)c2)nc1CCN1CCCCC1=O. The number of aryl methyl sites for hydroxylation is 1. The molecule has 24 heavy (non-hydrogen) atoms.